The number of anilines is 1. The minimum Gasteiger partial charge on any atom is -0.440 e. The lowest BCUT2D eigenvalue weighted by atomic mass is 9.90. The van der Waals surface area contributed by atoms with E-state index in [0.717, 1.165) is 36.6 Å². The third-order valence-corrected chi connectivity index (χ3v) is 3.42. The number of rotatable bonds is 1. The van der Waals surface area contributed by atoms with Crippen LogP contribution >= 0.6 is 0 Å². The van der Waals surface area contributed by atoms with E-state index in [4.69, 9.17) is 14.9 Å². The largest absolute Gasteiger partial charge is 0.440 e. The quantitative estimate of drug-likeness (QED) is 0.767. The van der Waals surface area contributed by atoms with Gasteiger partial charge in [-0.3, -0.25) is 0 Å². The normalized spacial score (nSPS) is 25.2. The van der Waals surface area contributed by atoms with E-state index >= 15 is 0 Å². The fraction of sp³-hybridized carbons (Fsp3) is 0.462. The highest BCUT2D eigenvalue weighted by Crippen LogP contribution is 2.33. The van der Waals surface area contributed by atoms with Crippen LogP contribution in [-0.2, 0) is 4.74 Å². The van der Waals surface area contributed by atoms with Crippen molar-refractivity contribution >= 4 is 16.8 Å². The lowest BCUT2D eigenvalue weighted by Crippen LogP contribution is -2.23. The number of oxazole rings is 1. The number of para-hydroxylation sites is 1. The van der Waals surface area contributed by atoms with Crippen molar-refractivity contribution in [1.29, 1.82) is 0 Å². The summed E-state index contributed by atoms with van der Waals surface area (Å²) >= 11 is 0. The number of benzene rings is 1. The molecular weight excluding hydrogens is 216 g/mol. The molecule has 1 aliphatic heterocycles. The number of aromatic nitrogens is 1. The Balaban J connectivity index is 2.02. The average Bonchev–Trinajstić information content (AvgIpc) is 2.75. The molecule has 0 radical (unpaired) electrons. The molecule has 0 aliphatic carbocycles. The van der Waals surface area contributed by atoms with Gasteiger partial charge in [0.2, 0.25) is 0 Å². The third-order valence-electron chi connectivity index (χ3n) is 3.42. The van der Waals surface area contributed by atoms with Gasteiger partial charge in [-0.1, -0.05) is 13.0 Å². The summed E-state index contributed by atoms with van der Waals surface area (Å²) in [7, 11) is 0. The summed E-state index contributed by atoms with van der Waals surface area (Å²) < 4.78 is 11.2. The van der Waals surface area contributed by atoms with Crippen molar-refractivity contribution in [1.82, 2.24) is 4.98 Å². The Bertz CT molecular complexity index is 535. The Hall–Kier alpha value is -1.55. The van der Waals surface area contributed by atoms with Gasteiger partial charge in [-0.05, 0) is 24.5 Å². The van der Waals surface area contributed by atoms with Crippen molar-refractivity contribution < 1.29 is 9.15 Å². The predicted molar refractivity (Wildman–Crippen MR) is 65.8 cm³/mol. The molecule has 4 nitrogen and oxygen atoms in total. The summed E-state index contributed by atoms with van der Waals surface area (Å²) in [6, 6.07) is 5.65. The fourth-order valence-corrected chi connectivity index (χ4v) is 2.39. The SMILES string of the molecule is CC1COCCC1c1nc2c(N)cccc2o1. The average molecular weight is 232 g/mol. The second-order valence-electron chi connectivity index (χ2n) is 4.69. The number of nitrogens with zero attached hydrogens (tertiary/aromatic N) is 1. The molecule has 2 aromatic rings. The molecule has 2 N–H and O–H groups in total. The molecule has 2 unspecified atom stereocenters. The molecule has 2 atom stereocenters. The smallest absolute Gasteiger partial charge is 0.199 e. The zero-order valence-corrected chi connectivity index (χ0v) is 9.85. The lowest BCUT2D eigenvalue weighted by molar-refractivity contribution is 0.0411. The van der Waals surface area contributed by atoms with Crippen LogP contribution in [0.25, 0.3) is 11.1 Å². The van der Waals surface area contributed by atoms with Crippen molar-refractivity contribution in [2.75, 3.05) is 18.9 Å². The highest BCUT2D eigenvalue weighted by Gasteiger charge is 2.28. The standard InChI is InChI=1S/C13H16N2O2/c1-8-7-16-6-5-9(8)13-15-12-10(14)3-2-4-11(12)17-13/h2-4,8-9H,5-7,14H2,1H3. The fourth-order valence-electron chi connectivity index (χ4n) is 2.39. The molecule has 1 aromatic carbocycles. The Labute approximate surface area is 99.8 Å². The van der Waals surface area contributed by atoms with Crippen LogP contribution in [-0.4, -0.2) is 18.2 Å². The number of hydrogen-bond donors (Lipinski definition) is 1. The van der Waals surface area contributed by atoms with Crippen molar-refractivity contribution in [2.24, 2.45) is 5.92 Å². The Morgan fingerprint density at radius 2 is 2.29 bits per heavy atom. The van der Waals surface area contributed by atoms with E-state index in [1.165, 1.54) is 0 Å². The molecule has 17 heavy (non-hydrogen) atoms. The van der Waals surface area contributed by atoms with Gasteiger partial charge >= 0.3 is 0 Å². The van der Waals surface area contributed by atoms with Crippen LogP contribution in [0.3, 0.4) is 0 Å². The summed E-state index contributed by atoms with van der Waals surface area (Å²) in [5, 5.41) is 0. The van der Waals surface area contributed by atoms with Crippen LogP contribution in [0.2, 0.25) is 0 Å². The number of nitrogen functional groups attached to an aromatic ring is 1. The van der Waals surface area contributed by atoms with Crippen molar-refractivity contribution in [3.05, 3.63) is 24.1 Å². The number of ether oxygens (including phenoxy) is 1. The van der Waals surface area contributed by atoms with Gasteiger partial charge in [0.15, 0.2) is 11.5 Å². The van der Waals surface area contributed by atoms with Gasteiger partial charge < -0.3 is 14.9 Å². The third kappa shape index (κ3) is 1.78. The first-order chi connectivity index (χ1) is 8.25. The summed E-state index contributed by atoms with van der Waals surface area (Å²) in [6.45, 7) is 3.73. The summed E-state index contributed by atoms with van der Waals surface area (Å²) in [6.07, 6.45) is 0.966. The molecule has 1 aliphatic rings. The first kappa shape index (κ1) is 10.6. The van der Waals surface area contributed by atoms with Crippen LogP contribution < -0.4 is 5.73 Å². The lowest BCUT2D eigenvalue weighted by Gasteiger charge is -2.26. The maximum absolute atomic E-state index is 5.89. The molecular formula is C13H16N2O2. The van der Waals surface area contributed by atoms with Gasteiger partial charge in [-0.15, -0.1) is 0 Å². The summed E-state index contributed by atoms with van der Waals surface area (Å²) in [4.78, 5) is 4.54. The molecule has 90 valence electrons. The van der Waals surface area contributed by atoms with E-state index in [-0.39, 0.29) is 0 Å². The maximum Gasteiger partial charge on any atom is 0.199 e. The Morgan fingerprint density at radius 1 is 1.41 bits per heavy atom. The molecule has 1 aromatic heterocycles. The Kier molecular flexibility index (Phi) is 2.52. The zero-order valence-electron chi connectivity index (χ0n) is 9.85. The molecule has 4 heteroatoms. The van der Waals surface area contributed by atoms with E-state index in [9.17, 15) is 0 Å². The highest BCUT2D eigenvalue weighted by atomic mass is 16.5. The Morgan fingerprint density at radius 3 is 3.06 bits per heavy atom. The monoisotopic (exact) mass is 232 g/mol. The molecule has 1 saturated heterocycles. The second-order valence-corrected chi connectivity index (χ2v) is 4.69. The van der Waals surface area contributed by atoms with Crippen molar-refractivity contribution in [3.8, 4) is 0 Å². The highest BCUT2D eigenvalue weighted by molar-refractivity contribution is 5.85. The van der Waals surface area contributed by atoms with Crippen LogP contribution in [0.1, 0.15) is 25.2 Å². The van der Waals surface area contributed by atoms with Gasteiger partial charge in [-0.2, -0.15) is 0 Å². The van der Waals surface area contributed by atoms with Crippen LogP contribution in [0.5, 0.6) is 0 Å². The minimum absolute atomic E-state index is 0.343. The van der Waals surface area contributed by atoms with Gasteiger partial charge in [0.1, 0.15) is 5.52 Å². The molecule has 0 bridgehead atoms. The van der Waals surface area contributed by atoms with E-state index < -0.39 is 0 Å². The zero-order chi connectivity index (χ0) is 11.8. The minimum atomic E-state index is 0.343. The van der Waals surface area contributed by atoms with Gasteiger partial charge in [0.05, 0.1) is 5.69 Å². The number of fused-ring (bicyclic) bond motifs is 1. The van der Waals surface area contributed by atoms with E-state index in [1.54, 1.807) is 0 Å². The van der Waals surface area contributed by atoms with Crippen LogP contribution in [0.4, 0.5) is 5.69 Å². The van der Waals surface area contributed by atoms with E-state index in [1.807, 2.05) is 18.2 Å². The van der Waals surface area contributed by atoms with Gasteiger partial charge in [0.25, 0.3) is 0 Å². The van der Waals surface area contributed by atoms with Crippen LogP contribution in [0.15, 0.2) is 22.6 Å². The van der Waals surface area contributed by atoms with E-state index in [2.05, 4.69) is 11.9 Å². The summed E-state index contributed by atoms with van der Waals surface area (Å²) in [5.41, 5.74) is 8.12. The molecule has 1 fully saturated rings. The first-order valence-electron chi connectivity index (χ1n) is 5.98. The molecule has 0 spiro atoms. The predicted octanol–water partition coefficient (Wildman–Crippen LogP) is 2.55. The topological polar surface area (TPSA) is 61.3 Å². The molecule has 2 heterocycles. The van der Waals surface area contributed by atoms with Gasteiger partial charge in [-0.25, -0.2) is 4.98 Å². The molecule has 3 rings (SSSR count). The number of nitrogens with two attached hydrogens (primary N) is 1. The van der Waals surface area contributed by atoms with Gasteiger partial charge in [0, 0.05) is 19.1 Å². The van der Waals surface area contributed by atoms with Crippen LogP contribution in [0, 0.1) is 5.92 Å². The van der Waals surface area contributed by atoms with Crippen molar-refractivity contribution in [3.63, 3.8) is 0 Å². The van der Waals surface area contributed by atoms with Crippen molar-refractivity contribution in [2.45, 2.75) is 19.3 Å². The van der Waals surface area contributed by atoms with E-state index in [0.29, 0.717) is 17.5 Å². The second kappa shape index (κ2) is 4.04. The summed E-state index contributed by atoms with van der Waals surface area (Å²) in [5.74, 6) is 1.59. The first-order valence-corrected chi connectivity index (χ1v) is 5.98. The number of hydrogen-bond acceptors (Lipinski definition) is 4. The molecule has 0 saturated carbocycles. The maximum atomic E-state index is 5.89. The molecule has 0 amide bonds.